The van der Waals surface area contributed by atoms with Crippen molar-refractivity contribution in [3.63, 3.8) is 0 Å². The topological polar surface area (TPSA) is 253 Å². The zero-order valence-electron chi connectivity index (χ0n) is 35.7. The Morgan fingerprint density at radius 2 is 1.33 bits per heavy atom. The van der Waals surface area contributed by atoms with Gasteiger partial charge in [-0.05, 0) is 54.8 Å². The first-order chi connectivity index (χ1) is 29.6. The van der Waals surface area contributed by atoms with E-state index in [9.17, 15) is 49.5 Å². The van der Waals surface area contributed by atoms with Gasteiger partial charge < -0.3 is 49.8 Å². The van der Waals surface area contributed by atoms with Crippen molar-refractivity contribution in [3.8, 4) is 0 Å². The maximum atomic E-state index is 15.4. The summed E-state index contributed by atoms with van der Waals surface area (Å²) in [4.78, 5) is 82.7. The van der Waals surface area contributed by atoms with Gasteiger partial charge in [0.2, 0.25) is 0 Å². The molecule has 11 atom stereocenters. The van der Waals surface area contributed by atoms with Gasteiger partial charge in [0.05, 0.1) is 29.7 Å². The van der Waals surface area contributed by atoms with Crippen LogP contribution in [0.5, 0.6) is 0 Å². The summed E-state index contributed by atoms with van der Waals surface area (Å²) in [6, 6.07) is 22.3. The van der Waals surface area contributed by atoms with Crippen LogP contribution in [0, 0.1) is 16.7 Å². The molecule has 16 nitrogen and oxygen atoms in total. The Morgan fingerprint density at radius 1 is 0.794 bits per heavy atom. The number of aliphatic hydroxyl groups is 5. The van der Waals surface area contributed by atoms with Crippen LogP contribution in [0.25, 0.3) is 0 Å². The van der Waals surface area contributed by atoms with Crippen LogP contribution in [-0.4, -0.2) is 116 Å². The largest absolute Gasteiger partial charge is 0.459 e. The van der Waals surface area contributed by atoms with Crippen LogP contribution in [0.1, 0.15) is 86.7 Å². The molecule has 3 aromatic rings. The molecule has 2 fully saturated rings. The number of ether oxygens (including phenoxy) is 4. The van der Waals surface area contributed by atoms with E-state index in [-0.39, 0.29) is 22.3 Å². The Labute approximate surface area is 363 Å². The molecule has 3 aliphatic carbocycles. The fraction of sp³-hybridized carbons (Fsp3) is 0.447. The lowest BCUT2D eigenvalue weighted by Crippen LogP contribution is -2.78. The van der Waals surface area contributed by atoms with Gasteiger partial charge in [-0.1, -0.05) is 80.6 Å². The van der Waals surface area contributed by atoms with Crippen LogP contribution in [-0.2, 0) is 38.1 Å². The van der Waals surface area contributed by atoms with Gasteiger partial charge in [-0.2, -0.15) is 0 Å². The average Bonchev–Trinajstić information content (AvgIpc) is 3.25. The highest BCUT2D eigenvalue weighted by Gasteiger charge is 2.75. The number of hydrogen-bond donors (Lipinski definition) is 6. The van der Waals surface area contributed by atoms with Gasteiger partial charge in [0.15, 0.2) is 18.0 Å². The molecule has 3 aromatic carbocycles. The molecule has 3 aliphatic rings. The van der Waals surface area contributed by atoms with E-state index in [1.165, 1.54) is 64.1 Å². The molecule has 6 rings (SSSR count). The van der Waals surface area contributed by atoms with E-state index in [1.54, 1.807) is 54.6 Å². The number of esters is 4. The van der Waals surface area contributed by atoms with Crippen molar-refractivity contribution in [2.24, 2.45) is 16.7 Å². The number of ketones is 1. The minimum atomic E-state index is -2.75. The lowest BCUT2D eigenvalue weighted by molar-refractivity contribution is -0.287. The number of nitrogens with one attached hydrogen (secondary N) is 1. The van der Waals surface area contributed by atoms with Crippen LogP contribution in [0.4, 0.5) is 0 Å². The van der Waals surface area contributed by atoms with Crippen LogP contribution in [0.3, 0.4) is 0 Å². The second-order valence-electron chi connectivity index (χ2n) is 17.3. The summed E-state index contributed by atoms with van der Waals surface area (Å²) in [5.74, 6) is -8.00. The maximum Gasteiger partial charge on any atom is 0.338 e. The Bertz CT molecular complexity index is 2260. The van der Waals surface area contributed by atoms with Crippen molar-refractivity contribution >= 4 is 35.6 Å². The van der Waals surface area contributed by atoms with Crippen molar-refractivity contribution in [2.45, 2.75) is 108 Å². The normalized spacial score (nSPS) is 30.9. The number of benzene rings is 3. The number of carbonyl (C=O) groups excluding carboxylic acids is 6. The second-order valence-corrected chi connectivity index (χ2v) is 17.3. The third-order valence-corrected chi connectivity index (χ3v) is 13.2. The first-order valence-corrected chi connectivity index (χ1v) is 20.5. The highest BCUT2D eigenvalue weighted by atomic mass is 16.6. The van der Waals surface area contributed by atoms with Crippen molar-refractivity contribution in [2.75, 3.05) is 6.61 Å². The molecule has 16 heteroatoms. The van der Waals surface area contributed by atoms with Gasteiger partial charge in [-0.3, -0.25) is 19.2 Å². The number of Topliss-reactive ketones (excluding diaryl/α,β-unsaturated/α-hetero) is 1. The molecule has 3 unspecified atom stereocenters. The van der Waals surface area contributed by atoms with Crippen molar-refractivity contribution in [1.82, 2.24) is 5.32 Å². The Balaban J connectivity index is 1.54. The van der Waals surface area contributed by atoms with Gasteiger partial charge >= 0.3 is 23.9 Å². The first kappa shape index (κ1) is 46.7. The van der Waals surface area contributed by atoms with E-state index >= 15 is 4.79 Å². The molecule has 0 saturated heterocycles. The van der Waals surface area contributed by atoms with E-state index in [1.807, 2.05) is 0 Å². The summed E-state index contributed by atoms with van der Waals surface area (Å²) in [5.41, 5.74) is -9.00. The smallest absolute Gasteiger partial charge is 0.338 e. The molecule has 2 bridgehead atoms. The summed E-state index contributed by atoms with van der Waals surface area (Å²) in [5, 5.41) is 63.9. The molecular formula is C47H53NO15. The second kappa shape index (κ2) is 17.8. The van der Waals surface area contributed by atoms with Crippen LogP contribution in [0.15, 0.2) is 102 Å². The molecule has 0 radical (unpaired) electrons. The van der Waals surface area contributed by atoms with Gasteiger partial charge in [-0.25, -0.2) is 9.59 Å². The summed E-state index contributed by atoms with van der Waals surface area (Å²) in [7, 11) is 0. The predicted octanol–water partition coefficient (Wildman–Crippen LogP) is 2.69. The quantitative estimate of drug-likeness (QED) is 0.0921. The minimum absolute atomic E-state index is 0.0365. The maximum absolute atomic E-state index is 15.4. The number of fused-ring (bicyclic) bond motifs is 3. The third-order valence-electron chi connectivity index (χ3n) is 13.2. The van der Waals surface area contributed by atoms with Crippen molar-refractivity contribution in [1.29, 1.82) is 0 Å². The Hall–Kier alpha value is -5.78. The number of carbonyl (C=O) groups is 6. The zero-order valence-corrected chi connectivity index (χ0v) is 35.7. The zero-order chi connectivity index (χ0) is 46.2. The Kier molecular flexibility index (Phi) is 13.2. The van der Waals surface area contributed by atoms with Gasteiger partial charge in [-0.15, -0.1) is 0 Å². The standard InChI is InChI=1S/C47H53NO15/c1-25-31(62-43(57)36(53)35(28-16-10-7-11-17-28)48-41(55)29-18-12-8-13-19-29)23-47(59)40(63-42(56)30-20-14-9-15-21-30)38-45(6,32(52)22-33(60-26(2)50)46(38,58)24-49)39(54)37(61-27(3)51)34(25)44(47,4)5/h7-21,31-33,35-38,40,49,52-53,58-59H,22-24H2,1-6H3,(H,48,55)/t31?,32-,33-,35?,36+,37+,38?,40-,45+,46-,47+/m0/s1. The molecule has 0 aromatic heterocycles. The summed E-state index contributed by atoms with van der Waals surface area (Å²) < 4.78 is 23.5. The lowest BCUT2D eigenvalue weighted by atomic mass is 9.45. The highest BCUT2D eigenvalue weighted by molar-refractivity contribution is 5.96. The molecular weight excluding hydrogens is 819 g/mol. The van der Waals surface area contributed by atoms with Crippen molar-refractivity contribution < 1.29 is 73.2 Å². The number of rotatable bonds is 11. The van der Waals surface area contributed by atoms with E-state index in [4.69, 9.17) is 18.9 Å². The monoisotopic (exact) mass is 871 g/mol. The van der Waals surface area contributed by atoms with Crippen LogP contribution >= 0.6 is 0 Å². The van der Waals surface area contributed by atoms with Gasteiger partial charge in [0.25, 0.3) is 5.91 Å². The van der Waals surface area contributed by atoms with E-state index in [2.05, 4.69) is 5.32 Å². The van der Waals surface area contributed by atoms with E-state index in [0.717, 1.165) is 13.8 Å². The molecule has 0 aliphatic heterocycles. The highest BCUT2D eigenvalue weighted by Crippen LogP contribution is 2.62. The average molecular weight is 872 g/mol. The summed E-state index contributed by atoms with van der Waals surface area (Å²) >= 11 is 0. The number of amides is 1. The fourth-order valence-electron chi connectivity index (χ4n) is 9.81. The SMILES string of the molecule is CC(=O)O[C@H]1C(=O)[C@@]2(C)C([C@H](OC(=O)c3ccccc3)[C@]3(O)CC(OC(=O)[C@H](O)C(NC(=O)c4ccccc4)c4ccccc4)C(C)=C1C3(C)C)[C@](O)(CO)[C@@H](OC(C)=O)C[C@@H]2O. The molecule has 63 heavy (non-hydrogen) atoms. The number of hydrogen-bond acceptors (Lipinski definition) is 15. The van der Waals surface area contributed by atoms with Gasteiger partial charge in [0, 0.05) is 43.6 Å². The molecule has 2 saturated carbocycles. The van der Waals surface area contributed by atoms with Crippen LogP contribution < -0.4 is 5.32 Å². The number of aliphatic hydroxyl groups excluding tert-OH is 3. The lowest BCUT2D eigenvalue weighted by Gasteiger charge is -2.64. The third kappa shape index (κ3) is 8.29. The van der Waals surface area contributed by atoms with Crippen molar-refractivity contribution in [3.05, 3.63) is 119 Å². The van der Waals surface area contributed by atoms with Gasteiger partial charge in [0.1, 0.15) is 29.5 Å². The van der Waals surface area contributed by atoms with E-state index in [0.29, 0.717) is 5.56 Å². The minimum Gasteiger partial charge on any atom is -0.459 e. The molecule has 0 spiro atoms. The van der Waals surface area contributed by atoms with Crippen LogP contribution in [0.2, 0.25) is 0 Å². The van der Waals surface area contributed by atoms with E-state index < -0.39 is 126 Å². The fourth-order valence-corrected chi connectivity index (χ4v) is 9.81. The summed E-state index contributed by atoms with van der Waals surface area (Å²) in [6.45, 7) is 6.37. The molecule has 6 N–H and O–H groups in total. The Morgan fingerprint density at radius 3 is 1.87 bits per heavy atom. The summed E-state index contributed by atoms with van der Waals surface area (Å²) in [6.07, 6.45) is -12.7. The molecule has 0 heterocycles. The molecule has 336 valence electrons. The first-order valence-electron chi connectivity index (χ1n) is 20.5. The molecule has 1 amide bonds. The predicted molar refractivity (Wildman–Crippen MR) is 221 cm³/mol.